The van der Waals surface area contributed by atoms with Crippen molar-refractivity contribution in [3.63, 3.8) is 0 Å². The molecule has 3 rings (SSSR count). The summed E-state index contributed by atoms with van der Waals surface area (Å²) in [5.41, 5.74) is 2.23. The Bertz CT molecular complexity index is 508. The van der Waals surface area contributed by atoms with E-state index in [1.165, 1.54) is 10.9 Å². The fourth-order valence-corrected chi connectivity index (χ4v) is 2.40. The standard InChI is InChI=1S/C13H17N3O/c1-9-12(4-6-17-9)15-7-10-8-16-13-11(10)3-2-5-14-13/h2-3,5,8-9,12,15H,4,6-7H2,1H3,(H,14,16). The lowest BCUT2D eigenvalue weighted by Gasteiger charge is -2.15. The van der Waals surface area contributed by atoms with E-state index in [1.807, 2.05) is 18.5 Å². The predicted octanol–water partition coefficient (Wildman–Crippen LogP) is 1.83. The zero-order chi connectivity index (χ0) is 11.7. The normalized spacial score (nSPS) is 24.5. The maximum Gasteiger partial charge on any atom is 0.137 e. The van der Waals surface area contributed by atoms with Crippen LogP contribution in [0.25, 0.3) is 11.0 Å². The van der Waals surface area contributed by atoms with Gasteiger partial charge in [0.15, 0.2) is 0 Å². The number of ether oxygens (including phenoxy) is 1. The van der Waals surface area contributed by atoms with Crippen LogP contribution in [0.1, 0.15) is 18.9 Å². The summed E-state index contributed by atoms with van der Waals surface area (Å²) in [6.07, 6.45) is 5.26. The molecule has 90 valence electrons. The molecule has 2 aromatic heterocycles. The fraction of sp³-hybridized carbons (Fsp3) is 0.462. The quantitative estimate of drug-likeness (QED) is 0.847. The van der Waals surface area contributed by atoms with E-state index in [1.54, 1.807) is 0 Å². The molecule has 3 heterocycles. The number of pyridine rings is 1. The molecule has 2 N–H and O–H groups in total. The minimum absolute atomic E-state index is 0.318. The molecule has 2 atom stereocenters. The summed E-state index contributed by atoms with van der Waals surface area (Å²) < 4.78 is 5.54. The molecule has 1 fully saturated rings. The van der Waals surface area contributed by atoms with Crippen molar-refractivity contribution in [1.29, 1.82) is 0 Å². The molecule has 2 aromatic rings. The SMILES string of the molecule is CC1OCCC1NCc1c[nH]c2ncccc12. The molecule has 0 saturated carbocycles. The van der Waals surface area contributed by atoms with Crippen LogP contribution in [-0.2, 0) is 11.3 Å². The summed E-state index contributed by atoms with van der Waals surface area (Å²) in [5, 5.41) is 4.75. The van der Waals surface area contributed by atoms with Crippen LogP contribution in [-0.4, -0.2) is 28.7 Å². The van der Waals surface area contributed by atoms with Gasteiger partial charge in [-0.15, -0.1) is 0 Å². The molecule has 0 spiro atoms. The molecule has 1 aliphatic heterocycles. The van der Waals surface area contributed by atoms with Crippen LogP contribution in [0.4, 0.5) is 0 Å². The Morgan fingerprint density at radius 1 is 1.59 bits per heavy atom. The van der Waals surface area contributed by atoms with Gasteiger partial charge in [0.25, 0.3) is 0 Å². The summed E-state index contributed by atoms with van der Waals surface area (Å²) in [6, 6.07) is 4.54. The van der Waals surface area contributed by atoms with Crippen LogP contribution < -0.4 is 5.32 Å². The lowest BCUT2D eigenvalue weighted by atomic mass is 10.1. The van der Waals surface area contributed by atoms with Gasteiger partial charge in [-0.05, 0) is 31.0 Å². The van der Waals surface area contributed by atoms with Crippen molar-refractivity contribution in [2.75, 3.05) is 6.61 Å². The lowest BCUT2D eigenvalue weighted by molar-refractivity contribution is 0.113. The average Bonchev–Trinajstić information content (AvgIpc) is 2.93. The predicted molar refractivity (Wildman–Crippen MR) is 66.8 cm³/mol. The smallest absolute Gasteiger partial charge is 0.137 e. The summed E-state index contributed by atoms with van der Waals surface area (Å²) >= 11 is 0. The lowest BCUT2D eigenvalue weighted by Crippen LogP contribution is -2.34. The fourth-order valence-electron chi connectivity index (χ4n) is 2.40. The van der Waals surface area contributed by atoms with Gasteiger partial charge < -0.3 is 15.0 Å². The van der Waals surface area contributed by atoms with Crippen LogP contribution >= 0.6 is 0 Å². The zero-order valence-electron chi connectivity index (χ0n) is 9.94. The number of fused-ring (bicyclic) bond motifs is 1. The highest BCUT2D eigenvalue weighted by molar-refractivity contribution is 5.79. The van der Waals surface area contributed by atoms with E-state index in [0.29, 0.717) is 12.1 Å². The highest BCUT2D eigenvalue weighted by Crippen LogP contribution is 2.17. The number of aromatic amines is 1. The number of hydrogen-bond donors (Lipinski definition) is 2. The summed E-state index contributed by atoms with van der Waals surface area (Å²) in [5.74, 6) is 0. The molecular formula is C13H17N3O. The van der Waals surface area contributed by atoms with Crippen molar-refractivity contribution < 1.29 is 4.74 Å². The molecule has 4 heteroatoms. The molecule has 0 radical (unpaired) electrons. The second kappa shape index (κ2) is 4.47. The molecular weight excluding hydrogens is 214 g/mol. The third-order valence-electron chi connectivity index (χ3n) is 3.47. The van der Waals surface area contributed by atoms with Gasteiger partial charge in [-0.1, -0.05) is 0 Å². The van der Waals surface area contributed by atoms with Gasteiger partial charge in [-0.2, -0.15) is 0 Å². The topological polar surface area (TPSA) is 49.9 Å². The third-order valence-corrected chi connectivity index (χ3v) is 3.47. The molecule has 0 amide bonds. The van der Waals surface area contributed by atoms with Gasteiger partial charge in [-0.25, -0.2) is 4.98 Å². The van der Waals surface area contributed by atoms with E-state index < -0.39 is 0 Å². The molecule has 0 aromatic carbocycles. The summed E-state index contributed by atoms with van der Waals surface area (Å²) in [6.45, 7) is 3.86. The van der Waals surface area contributed by atoms with Gasteiger partial charge in [0, 0.05) is 37.0 Å². The van der Waals surface area contributed by atoms with Crippen LogP contribution in [0, 0.1) is 0 Å². The first kappa shape index (κ1) is 10.7. The maximum atomic E-state index is 5.54. The van der Waals surface area contributed by atoms with Gasteiger partial charge >= 0.3 is 0 Å². The summed E-state index contributed by atoms with van der Waals surface area (Å²) in [7, 11) is 0. The van der Waals surface area contributed by atoms with Gasteiger partial charge in [0.05, 0.1) is 6.10 Å². The van der Waals surface area contributed by atoms with Gasteiger partial charge in [0.2, 0.25) is 0 Å². The molecule has 1 aliphatic rings. The van der Waals surface area contributed by atoms with Crippen molar-refractivity contribution in [2.24, 2.45) is 0 Å². The van der Waals surface area contributed by atoms with Crippen LogP contribution in [0.5, 0.6) is 0 Å². The summed E-state index contributed by atoms with van der Waals surface area (Å²) in [4.78, 5) is 7.48. The largest absolute Gasteiger partial charge is 0.377 e. The number of hydrogen-bond acceptors (Lipinski definition) is 3. The Balaban J connectivity index is 1.72. The van der Waals surface area contributed by atoms with E-state index in [0.717, 1.165) is 25.2 Å². The number of H-pyrrole nitrogens is 1. The minimum Gasteiger partial charge on any atom is -0.377 e. The molecule has 1 saturated heterocycles. The Hall–Kier alpha value is -1.39. The van der Waals surface area contributed by atoms with Crippen LogP contribution in [0.2, 0.25) is 0 Å². The van der Waals surface area contributed by atoms with E-state index >= 15 is 0 Å². The second-order valence-corrected chi connectivity index (χ2v) is 4.57. The Kier molecular flexibility index (Phi) is 2.82. The molecule has 0 aliphatic carbocycles. The Morgan fingerprint density at radius 2 is 2.53 bits per heavy atom. The first-order chi connectivity index (χ1) is 8.34. The third kappa shape index (κ3) is 2.06. The zero-order valence-corrected chi connectivity index (χ0v) is 9.94. The van der Waals surface area contributed by atoms with Gasteiger partial charge in [-0.3, -0.25) is 0 Å². The number of rotatable bonds is 3. The Labute approximate surface area is 100 Å². The molecule has 17 heavy (non-hydrogen) atoms. The van der Waals surface area contributed by atoms with Crippen LogP contribution in [0.15, 0.2) is 24.5 Å². The number of nitrogens with one attached hydrogen (secondary N) is 2. The van der Waals surface area contributed by atoms with E-state index in [9.17, 15) is 0 Å². The Morgan fingerprint density at radius 3 is 3.35 bits per heavy atom. The van der Waals surface area contributed by atoms with E-state index in [4.69, 9.17) is 4.74 Å². The highest BCUT2D eigenvalue weighted by Gasteiger charge is 2.23. The minimum atomic E-state index is 0.318. The number of nitrogens with zero attached hydrogens (tertiary/aromatic N) is 1. The first-order valence-electron chi connectivity index (χ1n) is 6.10. The average molecular weight is 231 g/mol. The van der Waals surface area contributed by atoms with E-state index in [-0.39, 0.29) is 0 Å². The monoisotopic (exact) mass is 231 g/mol. The molecule has 0 bridgehead atoms. The van der Waals surface area contributed by atoms with Crippen molar-refractivity contribution in [2.45, 2.75) is 32.0 Å². The molecule has 4 nitrogen and oxygen atoms in total. The molecule has 2 unspecified atom stereocenters. The maximum absolute atomic E-state index is 5.54. The first-order valence-corrected chi connectivity index (χ1v) is 6.10. The highest BCUT2D eigenvalue weighted by atomic mass is 16.5. The second-order valence-electron chi connectivity index (χ2n) is 4.57. The van der Waals surface area contributed by atoms with Crippen LogP contribution in [0.3, 0.4) is 0 Å². The van der Waals surface area contributed by atoms with Crippen molar-refractivity contribution in [1.82, 2.24) is 15.3 Å². The van der Waals surface area contributed by atoms with Crippen molar-refractivity contribution >= 4 is 11.0 Å². The van der Waals surface area contributed by atoms with Crippen molar-refractivity contribution in [3.8, 4) is 0 Å². The van der Waals surface area contributed by atoms with E-state index in [2.05, 4.69) is 28.3 Å². The van der Waals surface area contributed by atoms with Crippen molar-refractivity contribution in [3.05, 3.63) is 30.1 Å². The van der Waals surface area contributed by atoms with Gasteiger partial charge in [0.1, 0.15) is 5.65 Å². The number of aromatic nitrogens is 2.